The molecule has 3 heterocycles. The Labute approximate surface area is 172 Å². The smallest absolute Gasteiger partial charge is 0.191 e. The zero-order valence-corrected chi connectivity index (χ0v) is 17.5. The van der Waals surface area contributed by atoms with E-state index in [1.54, 1.807) is 0 Å². The molecule has 3 N–H and O–H groups in total. The first kappa shape index (κ1) is 20.5. The first-order valence-corrected chi connectivity index (χ1v) is 11.2. The van der Waals surface area contributed by atoms with Gasteiger partial charge < -0.3 is 20.9 Å². The van der Waals surface area contributed by atoms with Gasteiger partial charge in [0.05, 0.1) is 5.00 Å². The van der Waals surface area contributed by atoms with Crippen LogP contribution in [0.5, 0.6) is 0 Å². The predicted octanol–water partition coefficient (Wildman–Crippen LogP) is 3.56. The van der Waals surface area contributed by atoms with Gasteiger partial charge in [-0.3, -0.25) is 4.99 Å². The Balaban J connectivity index is 1.34. The third-order valence-corrected chi connectivity index (χ3v) is 5.75. The van der Waals surface area contributed by atoms with E-state index in [0.717, 1.165) is 70.2 Å². The molecule has 3 rings (SSSR count). The number of thiophene rings is 1. The lowest BCUT2D eigenvalue weighted by Gasteiger charge is -2.33. The van der Waals surface area contributed by atoms with Crippen LogP contribution in [-0.4, -0.2) is 49.7 Å². The van der Waals surface area contributed by atoms with Crippen LogP contribution in [0.3, 0.4) is 0 Å². The van der Waals surface area contributed by atoms with Crippen molar-refractivity contribution in [3.8, 4) is 0 Å². The van der Waals surface area contributed by atoms with Gasteiger partial charge in [-0.05, 0) is 62.3 Å². The number of aromatic nitrogens is 1. The van der Waals surface area contributed by atoms with E-state index < -0.39 is 0 Å². The van der Waals surface area contributed by atoms with Crippen molar-refractivity contribution >= 4 is 28.1 Å². The molecule has 152 valence electrons. The van der Waals surface area contributed by atoms with Crippen molar-refractivity contribution in [2.45, 2.75) is 38.6 Å². The molecule has 6 nitrogen and oxygen atoms in total. The van der Waals surface area contributed by atoms with Crippen molar-refractivity contribution in [3.63, 3.8) is 0 Å². The third-order valence-electron chi connectivity index (χ3n) is 4.82. The van der Waals surface area contributed by atoms with Crippen molar-refractivity contribution in [1.29, 1.82) is 0 Å². The van der Waals surface area contributed by atoms with Gasteiger partial charge in [-0.1, -0.05) is 6.07 Å². The maximum Gasteiger partial charge on any atom is 0.191 e. The van der Waals surface area contributed by atoms with Crippen LogP contribution >= 0.6 is 11.3 Å². The van der Waals surface area contributed by atoms with E-state index in [0.29, 0.717) is 6.04 Å². The first-order valence-electron chi connectivity index (χ1n) is 10.3. The molecule has 0 atom stereocenters. The molecule has 28 heavy (non-hydrogen) atoms. The van der Waals surface area contributed by atoms with Crippen LogP contribution in [0, 0.1) is 0 Å². The average molecular weight is 401 g/mol. The summed E-state index contributed by atoms with van der Waals surface area (Å²) in [6.07, 6.45) is 6.25. The minimum Gasteiger partial charge on any atom is -0.370 e. The molecule has 1 saturated heterocycles. The normalized spacial score (nSPS) is 15.5. The van der Waals surface area contributed by atoms with E-state index in [1.807, 2.05) is 35.7 Å². The molecular weight excluding hydrogens is 368 g/mol. The lowest BCUT2D eigenvalue weighted by atomic mass is 10.1. The predicted molar refractivity (Wildman–Crippen MR) is 121 cm³/mol. The van der Waals surface area contributed by atoms with Crippen molar-refractivity contribution in [2.24, 2.45) is 4.99 Å². The number of nitrogens with zero attached hydrogens (tertiary/aromatic N) is 3. The molecule has 0 aromatic carbocycles. The number of pyridine rings is 1. The average Bonchev–Trinajstić information content (AvgIpc) is 3.27. The Morgan fingerprint density at radius 3 is 2.82 bits per heavy atom. The SMILES string of the molecule is CCNC(=NCCCCNc1ccccn1)NC1CCN(c2cccs2)CC1. The highest BCUT2D eigenvalue weighted by Crippen LogP contribution is 2.24. The molecule has 0 spiro atoms. The summed E-state index contributed by atoms with van der Waals surface area (Å²) in [4.78, 5) is 11.5. The van der Waals surface area contributed by atoms with Gasteiger partial charge in [-0.2, -0.15) is 0 Å². The molecule has 1 fully saturated rings. The number of piperidine rings is 1. The van der Waals surface area contributed by atoms with Crippen molar-refractivity contribution in [1.82, 2.24) is 15.6 Å². The van der Waals surface area contributed by atoms with Gasteiger partial charge in [0.15, 0.2) is 5.96 Å². The minimum atomic E-state index is 0.500. The number of nitrogens with one attached hydrogen (secondary N) is 3. The summed E-state index contributed by atoms with van der Waals surface area (Å²) in [6, 6.07) is 10.8. The summed E-state index contributed by atoms with van der Waals surface area (Å²) in [7, 11) is 0. The van der Waals surface area contributed by atoms with E-state index in [2.05, 4.69) is 50.3 Å². The van der Waals surface area contributed by atoms with Crippen LogP contribution in [0.4, 0.5) is 10.8 Å². The lowest BCUT2D eigenvalue weighted by molar-refractivity contribution is 0.462. The van der Waals surface area contributed by atoms with Crippen molar-refractivity contribution < 1.29 is 0 Å². The monoisotopic (exact) mass is 400 g/mol. The van der Waals surface area contributed by atoms with E-state index >= 15 is 0 Å². The van der Waals surface area contributed by atoms with Crippen molar-refractivity contribution in [3.05, 3.63) is 41.9 Å². The Kier molecular flexibility index (Phi) is 8.43. The molecule has 7 heteroatoms. The number of hydrogen-bond donors (Lipinski definition) is 3. The highest BCUT2D eigenvalue weighted by atomic mass is 32.1. The van der Waals surface area contributed by atoms with Gasteiger partial charge in [0.25, 0.3) is 0 Å². The quantitative estimate of drug-likeness (QED) is 0.341. The Hall–Kier alpha value is -2.28. The summed E-state index contributed by atoms with van der Waals surface area (Å²) < 4.78 is 0. The maximum atomic E-state index is 4.76. The summed E-state index contributed by atoms with van der Waals surface area (Å²) in [5, 5.41) is 13.9. The molecule has 0 bridgehead atoms. The number of unbranched alkanes of at least 4 members (excludes halogenated alkanes) is 1. The molecule has 1 aliphatic rings. The largest absolute Gasteiger partial charge is 0.370 e. The molecule has 0 amide bonds. The summed E-state index contributed by atoms with van der Waals surface area (Å²) in [6.45, 7) is 6.99. The molecule has 1 aliphatic heterocycles. The van der Waals surface area contributed by atoms with E-state index in [9.17, 15) is 0 Å². The molecule has 0 unspecified atom stereocenters. The highest BCUT2D eigenvalue weighted by molar-refractivity contribution is 7.14. The van der Waals surface area contributed by atoms with Crippen LogP contribution in [0.2, 0.25) is 0 Å². The summed E-state index contributed by atoms with van der Waals surface area (Å²) in [5.74, 6) is 1.89. The van der Waals surface area contributed by atoms with E-state index in [-0.39, 0.29) is 0 Å². The molecular formula is C21H32N6S. The van der Waals surface area contributed by atoms with Crippen LogP contribution in [-0.2, 0) is 0 Å². The number of anilines is 2. The second kappa shape index (κ2) is 11.5. The van der Waals surface area contributed by atoms with Crippen LogP contribution in [0.1, 0.15) is 32.6 Å². The summed E-state index contributed by atoms with van der Waals surface area (Å²) in [5.41, 5.74) is 0. The van der Waals surface area contributed by atoms with Crippen molar-refractivity contribution in [2.75, 3.05) is 42.9 Å². The van der Waals surface area contributed by atoms with Gasteiger partial charge in [-0.15, -0.1) is 11.3 Å². The van der Waals surface area contributed by atoms with Gasteiger partial charge in [0.2, 0.25) is 0 Å². The molecule has 0 aliphatic carbocycles. The third kappa shape index (κ3) is 6.71. The fraction of sp³-hybridized carbons (Fsp3) is 0.524. The fourth-order valence-electron chi connectivity index (χ4n) is 3.32. The van der Waals surface area contributed by atoms with Gasteiger partial charge in [0, 0.05) is 45.0 Å². The standard InChI is InChI=1S/C21H32N6S/c1-2-22-21(25-14-6-5-13-24-19-8-3-4-12-23-19)26-18-10-15-27(16-11-18)20-9-7-17-28-20/h3-4,7-9,12,17-18H,2,5-6,10-11,13-16H2,1H3,(H,23,24)(H2,22,25,26). The first-order chi connectivity index (χ1) is 13.8. The Bertz CT molecular complexity index is 680. The Morgan fingerprint density at radius 1 is 1.21 bits per heavy atom. The van der Waals surface area contributed by atoms with E-state index in [4.69, 9.17) is 4.99 Å². The van der Waals surface area contributed by atoms with Gasteiger partial charge in [0.1, 0.15) is 5.82 Å². The van der Waals surface area contributed by atoms with Crippen LogP contribution < -0.4 is 20.9 Å². The Morgan fingerprint density at radius 2 is 2.11 bits per heavy atom. The van der Waals surface area contributed by atoms with Gasteiger partial charge >= 0.3 is 0 Å². The minimum absolute atomic E-state index is 0.500. The van der Waals surface area contributed by atoms with Crippen LogP contribution in [0.25, 0.3) is 0 Å². The fourth-order valence-corrected chi connectivity index (χ4v) is 4.10. The topological polar surface area (TPSA) is 64.6 Å². The number of aliphatic imine (C=N–C) groups is 1. The lowest BCUT2D eigenvalue weighted by Crippen LogP contribution is -2.48. The number of guanidine groups is 1. The van der Waals surface area contributed by atoms with E-state index in [1.165, 1.54) is 5.00 Å². The molecule has 2 aromatic rings. The zero-order chi connectivity index (χ0) is 19.4. The molecule has 0 radical (unpaired) electrons. The molecule has 0 saturated carbocycles. The van der Waals surface area contributed by atoms with Gasteiger partial charge in [-0.25, -0.2) is 4.98 Å². The maximum absolute atomic E-state index is 4.76. The highest BCUT2D eigenvalue weighted by Gasteiger charge is 2.20. The summed E-state index contributed by atoms with van der Waals surface area (Å²) >= 11 is 1.83. The zero-order valence-electron chi connectivity index (χ0n) is 16.7. The second-order valence-corrected chi connectivity index (χ2v) is 7.89. The molecule has 2 aromatic heterocycles. The second-order valence-electron chi connectivity index (χ2n) is 6.97. The number of rotatable bonds is 9. The number of hydrogen-bond acceptors (Lipinski definition) is 5. The van der Waals surface area contributed by atoms with Crippen LogP contribution in [0.15, 0.2) is 46.9 Å².